The molecule has 0 aromatic heterocycles. The van der Waals surface area contributed by atoms with Gasteiger partial charge in [0, 0.05) is 6.42 Å². The summed E-state index contributed by atoms with van der Waals surface area (Å²) in [6.07, 6.45) is -0.107. The molecule has 0 spiro atoms. The molecule has 0 aliphatic carbocycles. The Labute approximate surface area is 110 Å². The molecule has 0 fully saturated rings. The van der Waals surface area contributed by atoms with Crippen LogP contribution in [-0.2, 0) is 20.9 Å². The van der Waals surface area contributed by atoms with Gasteiger partial charge in [0.2, 0.25) is 0 Å². The largest absolute Gasteiger partial charge is 0.480 e. The Kier molecular flexibility index (Phi) is 6.08. The second-order valence-electron chi connectivity index (χ2n) is 3.84. The number of aldehydes is 1. The highest BCUT2D eigenvalue weighted by Gasteiger charge is 2.19. The van der Waals surface area contributed by atoms with E-state index < -0.39 is 18.1 Å². The lowest BCUT2D eigenvalue weighted by atomic mass is 10.2. The minimum absolute atomic E-state index is 0.0409. The van der Waals surface area contributed by atoms with Crippen LogP contribution in [0.4, 0.5) is 4.79 Å². The number of carboxylic acids is 1. The fraction of sp³-hybridized carbons (Fsp3) is 0.308. The van der Waals surface area contributed by atoms with Crippen molar-refractivity contribution in [2.24, 2.45) is 0 Å². The fourth-order valence-corrected chi connectivity index (χ4v) is 1.40. The van der Waals surface area contributed by atoms with E-state index in [0.29, 0.717) is 6.29 Å². The third kappa shape index (κ3) is 5.67. The first kappa shape index (κ1) is 14.7. The van der Waals surface area contributed by atoms with Crippen molar-refractivity contribution < 1.29 is 24.2 Å². The molecule has 1 amide bonds. The second-order valence-corrected chi connectivity index (χ2v) is 3.84. The van der Waals surface area contributed by atoms with Gasteiger partial charge in [-0.15, -0.1) is 0 Å². The topological polar surface area (TPSA) is 92.7 Å². The zero-order valence-corrected chi connectivity index (χ0v) is 10.2. The standard InChI is InChI=1S/C13H15NO5/c15-8-4-7-11(12(16)17)14-13(18)19-9-10-5-2-1-3-6-10/h1-3,5-6,8,11H,4,7,9H2,(H,14,18)(H,16,17). The molecule has 1 aromatic rings. The number of alkyl carbamates (subject to hydrolysis) is 1. The van der Waals surface area contributed by atoms with Crippen LogP contribution >= 0.6 is 0 Å². The number of hydrogen-bond acceptors (Lipinski definition) is 4. The van der Waals surface area contributed by atoms with Crippen molar-refractivity contribution in [3.05, 3.63) is 35.9 Å². The molecule has 0 aliphatic heterocycles. The quantitative estimate of drug-likeness (QED) is 0.726. The summed E-state index contributed by atoms with van der Waals surface area (Å²) in [7, 11) is 0. The highest BCUT2D eigenvalue weighted by molar-refractivity contribution is 5.80. The summed E-state index contributed by atoms with van der Waals surface area (Å²) in [6.45, 7) is 0.0622. The third-order valence-corrected chi connectivity index (χ3v) is 2.38. The Balaban J connectivity index is 2.40. The lowest BCUT2D eigenvalue weighted by Gasteiger charge is -2.13. The van der Waals surface area contributed by atoms with Gasteiger partial charge in [0.25, 0.3) is 0 Å². The first-order valence-electron chi connectivity index (χ1n) is 5.77. The number of ether oxygens (including phenoxy) is 1. The molecule has 0 bridgehead atoms. The molecule has 6 heteroatoms. The van der Waals surface area contributed by atoms with Crippen molar-refractivity contribution in [2.75, 3.05) is 0 Å². The molecule has 1 aromatic carbocycles. The summed E-state index contributed by atoms with van der Waals surface area (Å²) >= 11 is 0. The van der Waals surface area contributed by atoms with E-state index >= 15 is 0 Å². The number of rotatable bonds is 7. The summed E-state index contributed by atoms with van der Waals surface area (Å²) in [5.74, 6) is -1.20. The number of nitrogens with one attached hydrogen (secondary N) is 1. The molecule has 0 aliphatic rings. The van der Waals surface area contributed by atoms with Crippen LogP contribution in [0.25, 0.3) is 0 Å². The van der Waals surface area contributed by atoms with Crippen molar-refractivity contribution in [3.63, 3.8) is 0 Å². The number of benzene rings is 1. The summed E-state index contributed by atoms with van der Waals surface area (Å²) in [5.41, 5.74) is 0.803. The molecule has 1 rings (SSSR count). The highest BCUT2D eigenvalue weighted by atomic mass is 16.5. The number of hydrogen-bond donors (Lipinski definition) is 2. The Morgan fingerprint density at radius 3 is 2.58 bits per heavy atom. The normalized spacial score (nSPS) is 11.4. The van der Waals surface area contributed by atoms with Gasteiger partial charge in [0.15, 0.2) is 0 Å². The van der Waals surface area contributed by atoms with Crippen LogP contribution < -0.4 is 5.32 Å². The number of amides is 1. The molecular weight excluding hydrogens is 250 g/mol. The van der Waals surface area contributed by atoms with E-state index in [-0.39, 0.29) is 19.4 Å². The molecule has 0 saturated heterocycles. The van der Waals surface area contributed by atoms with Gasteiger partial charge in [0.1, 0.15) is 18.9 Å². The average molecular weight is 265 g/mol. The van der Waals surface area contributed by atoms with Gasteiger partial charge in [-0.25, -0.2) is 9.59 Å². The Morgan fingerprint density at radius 2 is 2.00 bits per heavy atom. The van der Waals surface area contributed by atoms with Crippen LogP contribution in [0.2, 0.25) is 0 Å². The van der Waals surface area contributed by atoms with Crippen LogP contribution in [0.1, 0.15) is 18.4 Å². The maximum Gasteiger partial charge on any atom is 0.408 e. The van der Waals surface area contributed by atoms with Crippen LogP contribution in [0.3, 0.4) is 0 Å². The van der Waals surface area contributed by atoms with E-state index in [4.69, 9.17) is 9.84 Å². The van der Waals surface area contributed by atoms with Gasteiger partial charge in [0.05, 0.1) is 0 Å². The third-order valence-electron chi connectivity index (χ3n) is 2.38. The van der Waals surface area contributed by atoms with Gasteiger partial charge in [-0.3, -0.25) is 0 Å². The molecule has 0 heterocycles. The minimum atomic E-state index is -1.20. The lowest BCUT2D eigenvalue weighted by Crippen LogP contribution is -2.41. The van der Waals surface area contributed by atoms with E-state index in [1.165, 1.54) is 0 Å². The molecule has 0 saturated carbocycles. The summed E-state index contributed by atoms with van der Waals surface area (Å²) in [4.78, 5) is 32.4. The van der Waals surface area contributed by atoms with Crippen molar-refractivity contribution in [2.45, 2.75) is 25.5 Å². The molecule has 0 radical (unpaired) electrons. The van der Waals surface area contributed by atoms with Crippen LogP contribution in [0.15, 0.2) is 30.3 Å². The second kappa shape index (κ2) is 7.86. The zero-order chi connectivity index (χ0) is 14.1. The Morgan fingerprint density at radius 1 is 1.32 bits per heavy atom. The van der Waals surface area contributed by atoms with Crippen molar-refractivity contribution in [1.29, 1.82) is 0 Å². The Hall–Kier alpha value is -2.37. The van der Waals surface area contributed by atoms with Crippen molar-refractivity contribution >= 4 is 18.3 Å². The summed E-state index contributed by atoms with van der Waals surface area (Å²) < 4.78 is 4.89. The van der Waals surface area contributed by atoms with Gasteiger partial charge < -0.3 is 20.0 Å². The minimum Gasteiger partial charge on any atom is -0.480 e. The first-order chi connectivity index (χ1) is 9.13. The summed E-state index contributed by atoms with van der Waals surface area (Å²) in [6, 6.07) is 7.90. The van der Waals surface area contributed by atoms with Crippen molar-refractivity contribution in [1.82, 2.24) is 5.32 Å². The van der Waals surface area contributed by atoms with Gasteiger partial charge in [-0.05, 0) is 12.0 Å². The molecule has 1 atom stereocenters. The van der Waals surface area contributed by atoms with Gasteiger partial charge >= 0.3 is 12.1 Å². The average Bonchev–Trinajstić information content (AvgIpc) is 2.42. The molecule has 2 N–H and O–H groups in total. The van der Waals surface area contributed by atoms with Crippen LogP contribution in [0, 0.1) is 0 Å². The van der Waals surface area contributed by atoms with E-state index in [2.05, 4.69) is 5.32 Å². The van der Waals surface area contributed by atoms with E-state index in [9.17, 15) is 14.4 Å². The van der Waals surface area contributed by atoms with Crippen LogP contribution in [0.5, 0.6) is 0 Å². The van der Waals surface area contributed by atoms with Gasteiger partial charge in [-0.1, -0.05) is 30.3 Å². The van der Waals surface area contributed by atoms with E-state index in [1.54, 1.807) is 24.3 Å². The number of carboxylic acid groups (broad SMARTS) is 1. The van der Waals surface area contributed by atoms with E-state index in [1.807, 2.05) is 6.07 Å². The maximum atomic E-state index is 11.4. The van der Waals surface area contributed by atoms with Gasteiger partial charge in [-0.2, -0.15) is 0 Å². The zero-order valence-electron chi connectivity index (χ0n) is 10.2. The number of carbonyl (C=O) groups is 3. The molecule has 1 unspecified atom stereocenters. The lowest BCUT2D eigenvalue weighted by molar-refractivity contribution is -0.139. The first-order valence-corrected chi connectivity index (χ1v) is 5.77. The van der Waals surface area contributed by atoms with Crippen molar-refractivity contribution in [3.8, 4) is 0 Å². The summed E-state index contributed by atoms with van der Waals surface area (Å²) in [5, 5.41) is 11.0. The smallest absolute Gasteiger partial charge is 0.408 e. The molecule has 6 nitrogen and oxygen atoms in total. The predicted molar refractivity (Wildman–Crippen MR) is 66.5 cm³/mol. The van der Waals surface area contributed by atoms with Crippen LogP contribution in [-0.4, -0.2) is 29.5 Å². The predicted octanol–water partition coefficient (Wildman–Crippen LogP) is 1.35. The monoisotopic (exact) mass is 265 g/mol. The molecular formula is C13H15NO5. The SMILES string of the molecule is O=CCCC(NC(=O)OCc1ccccc1)C(=O)O. The number of aliphatic carboxylic acids is 1. The number of carbonyl (C=O) groups excluding carboxylic acids is 2. The fourth-order valence-electron chi connectivity index (χ4n) is 1.40. The Bertz CT molecular complexity index is 432. The highest BCUT2D eigenvalue weighted by Crippen LogP contribution is 2.02. The maximum absolute atomic E-state index is 11.4. The molecule has 102 valence electrons. The van der Waals surface area contributed by atoms with E-state index in [0.717, 1.165) is 5.56 Å². The molecule has 19 heavy (non-hydrogen) atoms.